The second-order valence-corrected chi connectivity index (χ2v) is 13.3. The predicted octanol–water partition coefficient (Wildman–Crippen LogP) is 10.2. The summed E-state index contributed by atoms with van der Waals surface area (Å²) in [7, 11) is 0. The molecule has 0 heterocycles. The Balaban J connectivity index is 1.17. The van der Waals surface area contributed by atoms with Gasteiger partial charge in [0, 0.05) is 21.4 Å². The van der Waals surface area contributed by atoms with E-state index in [1.54, 1.807) is 62.4 Å². The van der Waals surface area contributed by atoms with Crippen molar-refractivity contribution in [3.05, 3.63) is 178 Å². The number of halogens is 2. The first-order valence-corrected chi connectivity index (χ1v) is 17.3. The summed E-state index contributed by atoms with van der Waals surface area (Å²) in [5.74, 6) is 0.581. The molecule has 0 radical (unpaired) electrons. The summed E-state index contributed by atoms with van der Waals surface area (Å²) < 4.78 is 11.7. The summed E-state index contributed by atoms with van der Waals surface area (Å²) in [6, 6.07) is 46.6. The van der Waals surface area contributed by atoms with E-state index in [9.17, 15) is 9.59 Å². The standard InChI is InChI=1S/C43H34Cl2N2O4/c1-27(50-35-23-15-31(44)16-24-35)41(48)46-33-19-11-29(12-20-33)43(39-9-5-3-7-37(39)38-8-4-6-10-40(38)43)30-13-21-34(22-14-30)47-42(49)28(2)51-36-25-17-32(45)18-26-36/h3-28H,1-2H3,(H,46,48)(H,47,49). The molecule has 7 rings (SSSR count). The van der Waals surface area contributed by atoms with Crippen LogP contribution >= 0.6 is 23.2 Å². The van der Waals surface area contributed by atoms with Crippen molar-refractivity contribution in [1.29, 1.82) is 0 Å². The predicted molar refractivity (Wildman–Crippen MR) is 204 cm³/mol. The van der Waals surface area contributed by atoms with Gasteiger partial charge in [-0.1, -0.05) is 96.0 Å². The summed E-state index contributed by atoms with van der Waals surface area (Å²) >= 11 is 12.0. The van der Waals surface area contributed by atoms with Gasteiger partial charge in [-0.15, -0.1) is 0 Å². The largest absolute Gasteiger partial charge is 0.481 e. The number of carbonyl (C=O) groups excluding carboxylic acids is 2. The van der Waals surface area contributed by atoms with E-state index in [0.29, 0.717) is 32.9 Å². The molecule has 6 aromatic carbocycles. The fraction of sp³-hybridized carbons (Fsp3) is 0.116. The van der Waals surface area contributed by atoms with Crippen molar-refractivity contribution in [3.63, 3.8) is 0 Å². The molecule has 0 bridgehead atoms. The topological polar surface area (TPSA) is 76.7 Å². The van der Waals surface area contributed by atoms with Gasteiger partial charge in [0.2, 0.25) is 0 Å². The van der Waals surface area contributed by atoms with Gasteiger partial charge in [-0.3, -0.25) is 9.59 Å². The van der Waals surface area contributed by atoms with Crippen LogP contribution in [0, 0.1) is 0 Å². The number of nitrogens with one attached hydrogen (secondary N) is 2. The maximum Gasteiger partial charge on any atom is 0.265 e. The van der Waals surface area contributed by atoms with Gasteiger partial charge in [-0.05, 0) is 120 Å². The molecule has 2 amide bonds. The van der Waals surface area contributed by atoms with E-state index < -0.39 is 17.6 Å². The Hall–Kier alpha value is -5.56. The molecule has 254 valence electrons. The zero-order valence-electron chi connectivity index (χ0n) is 27.9. The molecule has 2 atom stereocenters. The summed E-state index contributed by atoms with van der Waals surface area (Å²) in [4.78, 5) is 26.2. The lowest BCUT2D eigenvalue weighted by Gasteiger charge is -2.34. The van der Waals surface area contributed by atoms with Crippen LogP contribution in [0.5, 0.6) is 11.5 Å². The monoisotopic (exact) mass is 712 g/mol. The van der Waals surface area contributed by atoms with Gasteiger partial charge < -0.3 is 20.1 Å². The number of rotatable bonds is 10. The maximum atomic E-state index is 13.1. The van der Waals surface area contributed by atoms with Gasteiger partial charge in [0.05, 0.1) is 5.41 Å². The normalized spacial score (nSPS) is 13.6. The molecule has 0 aromatic heterocycles. The van der Waals surface area contributed by atoms with Gasteiger partial charge in [-0.25, -0.2) is 0 Å². The van der Waals surface area contributed by atoms with Crippen molar-refractivity contribution in [2.24, 2.45) is 0 Å². The summed E-state index contributed by atoms with van der Waals surface area (Å²) in [5.41, 5.74) is 7.32. The summed E-state index contributed by atoms with van der Waals surface area (Å²) in [6.07, 6.45) is -1.45. The molecule has 0 saturated heterocycles. The van der Waals surface area contributed by atoms with E-state index in [1.807, 2.05) is 24.3 Å². The van der Waals surface area contributed by atoms with Crippen LogP contribution in [-0.2, 0) is 15.0 Å². The van der Waals surface area contributed by atoms with Crippen molar-refractivity contribution in [3.8, 4) is 22.6 Å². The third-order valence-electron chi connectivity index (χ3n) is 9.11. The van der Waals surface area contributed by atoms with Crippen LogP contribution in [0.3, 0.4) is 0 Å². The van der Waals surface area contributed by atoms with E-state index >= 15 is 0 Å². The fourth-order valence-electron chi connectivity index (χ4n) is 6.66. The Labute approximate surface area is 307 Å². The van der Waals surface area contributed by atoms with Gasteiger partial charge >= 0.3 is 0 Å². The zero-order valence-corrected chi connectivity index (χ0v) is 29.4. The van der Waals surface area contributed by atoms with E-state index in [1.165, 1.54) is 0 Å². The van der Waals surface area contributed by atoms with Crippen LogP contribution in [0.25, 0.3) is 11.1 Å². The minimum Gasteiger partial charge on any atom is -0.481 e. The number of hydrogen-bond donors (Lipinski definition) is 2. The molecule has 6 nitrogen and oxygen atoms in total. The molecule has 1 aliphatic carbocycles. The third kappa shape index (κ3) is 6.81. The molecular formula is C43H34Cl2N2O4. The molecular weight excluding hydrogens is 679 g/mol. The molecule has 0 fully saturated rings. The highest BCUT2D eigenvalue weighted by molar-refractivity contribution is 6.30. The molecule has 1 aliphatic rings. The number of anilines is 2. The molecule has 6 aromatic rings. The van der Waals surface area contributed by atoms with Crippen molar-refractivity contribution in [2.45, 2.75) is 31.5 Å². The van der Waals surface area contributed by atoms with Gasteiger partial charge in [0.1, 0.15) is 11.5 Å². The maximum absolute atomic E-state index is 13.1. The highest BCUT2D eigenvalue weighted by atomic mass is 35.5. The number of benzene rings is 6. The van der Waals surface area contributed by atoms with Crippen LogP contribution in [0.2, 0.25) is 10.0 Å². The molecule has 8 heteroatoms. The molecule has 51 heavy (non-hydrogen) atoms. The molecule has 2 unspecified atom stereocenters. The van der Waals surface area contributed by atoms with Crippen LogP contribution in [0.15, 0.2) is 146 Å². The van der Waals surface area contributed by atoms with E-state index in [4.69, 9.17) is 32.7 Å². The fourth-order valence-corrected chi connectivity index (χ4v) is 6.91. The smallest absolute Gasteiger partial charge is 0.265 e. The Kier molecular flexibility index (Phi) is 9.54. The quantitative estimate of drug-likeness (QED) is 0.148. The molecule has 0 spiro atoms. The minimum absolute atomic E-state index is 0.269. The Morgan fingerprint density at radius 3 is 1.24 bits per heavy atom. The third-order valence-corrected chi connectivity index (χ3v) is 9.62. The number of fused-ring (bicyclic) bond motifs is 3. The van der Waals surface area contributed by atoms with Gasteiger partial charge in [-0.2, -0.15) is 0 Å². The lowest BCUT2D eigenvalue weighted by molar-refractivity contribution is -0.122. The van der Waals surface area contributed by atoms with E-state index in [0.717, 1.165) is 33.4 Å². The average Bonchev–Trinajstić information content (AvgIpc) is 3.45. The van der Waals surface area contributed by atoms with Crippen LogP contribution < -0.4 is 20.1 Å². The lowest BCUT2D eigenvalue weighted by Crippen LogP contribution is -2.31. The highest BCUT2D eigenvalue weighted by Crippen LogP contribution is 2.56. The van der Waals surface area contributed by atoms with Crippen LogP contribution in [-0.4, -0.2) is 24.0 Å². The molecule has 0 aliphatic heterocycles. The van der Waals surface area contributed by atoms with Crippen molar-refractivity contribution < 1.29 is 19.1 Å². The first-order valence-electron chi connectivity index (χ1n) is 16.6. The first kappa shape index (κ1) is 33.9. The second kappa shape index (κ2) is 14.4. The van der Waals surface area contributed by atoms with E-state index in [2.05, 4.69) is 83.4 Å². The molecule has 2 N–H and O–H groups in total. The SMILES string of the molecule is CC(Oc1ccc(Cl)cc1)C(=O)Nc1ccc(C2(c3ccc(NC(=O)C(C)Oc4ccc(Cl)cc4)cc3)c3ccccc3-c3ccccc32)cc1. The molecule has 0 saturated carbocycles. The Morgan fingerprint density at radius 1 is 0.510 bits per heavy atom. The summed E-state index contributed by atoms with van der Waals surface area (Å²) in [5, 5.41) is 7.17. The number of amides is 2. The van der Waals surface area contributed by atoms with Crippen molar-refractivity contribution in [2.75, 3.05) is 10.6 Å². The van der Waals surface area contributed by atoms with Crippen molar-refractivity contribution >= 4 is 46.4 Å². The van der Waals surface area contributed by atoms with Crippen LogP contribution in [0.4, 0.5) is 11.4 Å². The van der Waals surface area contributed by atoms with Crippen molar-refractivity contribution in [1.82, 2.24) is 0 Å². The number of ether oxygens (including phenoxy) is 2. The van der Waals surface area contributed by atoms with Crippen LogP contribution in [0.1, 0.15) is 36.1 Å². The highest BCUT2D eigenvalue weighted by Gasteiger charge is 2.45. The number of carbonyl (C=O) groups is 2. The lowest BCUT2D eigenvalue weighted by atomic mass is 9.67. The Bertz CT molecular complexity index is 2030. The second-order valence-electron chi connectivity index (χ2n) is 12.4. The van der Waals surface area contributed by atoms with E-state index in [-0.39, 0.29) is 11.8 Å². The first-order chi connectivity index (χ1) is 24.7. The zero-order chi connectivity index (χ0) is 35.5. The van der Waals surface area contributed by atoms with Gasteiger partial charge in [0.25, 0.3) is 11.8 Å². The Morgan fingerprint density at radius 2 is 0.863 bits per heavy atom. The van der Waals surface area contributed by atoms with Gasteiger partial charge in [0.15, 0.2) is 12.2 Å². The number of hydrogen-bond acceptors (Lipinski definition) is 4. The summed E-state index contributed by atoms with van der Waals surface area (Å²) in [6.45, 7) is 3.41. The minimum atomic E-state index is -0.725. The average molecular weight is 714 g/mol.